The lowest BCUT2D eigenvalue weighted by Gasteiger charge is -1.95. The van der Waals surface area contributed by atoms with Crippen LogP contribution in [-0.2, 0) is 27.2 Å². The molecule has 2 aromatic rings. The van der Waals surface area contributed by atoms with Crippen molar-refractivity contribution in [2.45, 2.75) is 65.5 Å². The molecule has 0 aliphatic rings. The molecule has 0 saturated heterocycles. The van der Waals surface area contributed by atoms with E-state index in [1.165, 1.54) is 45.1 Å². The summed E-state index contributed by atoms with van der Waals surface area (Å²) < 4.78 is 8.61. The number of halogens is 2. The summed E-state index contributed by atoms with van der Waals surface area (Å²) in [4.78, 5) is 0. The minimum absolute atomic E-state index is 0. The summed E-state index contributed by atoms with van der Waals surface area (Å²) in [5.41, 5.74) is 0. The third-order valence-electron chi connectivity index (χ3n) is 3.69. The van der Waals surface area contributed by atoms with E-state index in [4.69, 9.17) is 0 Å². The standard InChI is InChI=1S/C10H19N2.C8H15N2.2BrH/c1-3-4-5-6-7-12-9-8-11(2)10-12;1-3-4-5-10-7-6-9(2)8-10;;/h8-10H,3-7H2,1-2H3;6-8H,3-5H2,1-2H3;2*1H/q2*+1;;/p-2. The monoisotopic (exact) mass is 464 g/mol. The Morgan fingerprint density at radius 2 is 1.12 bits per heavy atom. The SMILES string of the molecule is CCCCCCn1cc[n+](C)c1.CCCCn1cc[n+](C)c1.[Br-].[Br-]. The number of imidazole rings is 2. The van der Waals surface area contributed by atoms with Gasteiger partial charge in [0, 0.05) is 0 Å². The van der Waals surface area contributed by atoms with Gasteiger partial charge in [-0.25, -0.2) is 18.3 Å². The number of nitrogens with zero attached hydrogens (tertiary/aromatic N) is 4. The zero-order valence-corrected chi connectivity index (χ0v) is 18.8. The number of hydrogen-bond donors (Lipinski definition) is 0. The summed E-state index contributed by atoms with van der Waals surface area (Å²) >= 11 is 0. The topological polar surface area (TPSA) is 17.6 Å². The summed E-state index contributed by atoms with van der Waals surface area (Å²) in [6.07, 6.45) is 20.5. The van der Waals surface area contributed by atoms with E-state index < -0.39 is 0 Å². The molecule has 0 atom stereocenters. The molecule has 0 aliphatic heterocycles. The molecule has 0 bridgehead atoms. The van der Waals surface area contributed by atoms with E-state index in [0.717, 1.165) is 6.54 Å². The van der Waals surface area contributed by atoms with Crippen LogP contribution in [-0.4, -0.2) is 9.13 Å². The van der Waals surface area contributed by atoms with Crippen LogP contribution in [0.15, 0.2) is 37.4 Å². The van der Waals surface area contributed by atoms with Gasteiger partial charge in [0.05, 0.1) is 27.2 Å². The van der Waals surface area contributed by atoms with E-state index in [0.29, 0.717) is 0 Å². The van der Waals surface area contributed by atoms with Crippen molar-refractivity contribution in [1.29, 1.82) is 0 Å². The number of aryl methyl sites for hydroxylation is 4. The van der Waals surface area contributed by atoms with Crippen LogP contribution in [0.2, 0.25) is 0 Å². The van der Waals surface area contributed by atoms with Gasteiger partial charge in [0.2, 0.25) is 12.7 Å². The maximum Gasteiger partial charge on any atom is 0.243 e. The van der Waals surface area contributed by atoms with Crippen molar-refractivity contribution in [3.05, 3.63) is 37.4 Å². The highest BCUT2D eigenvalue weighted by atomic mass is 79.9. The summed E-state index contributed by atoms with van der Waals surface area (Å²) in [5.74, 6) is 0. The number of aromatic nitrogens is 4. The highest BCUT2D eigenvalue weighted by Gasteiger charge is 1.98. The molecule has 0 aliphatic carbocycles. The Morgan fingerprint density at radius 3 is 1.50 bits per heavy atom. The van der Waals surface area contributed by atoms with Crippen LogP contribution in [0.5, 0.6) is 0 Å². The predicted molar refractivity (Wildman–Crippen MR) is 90.3 cm³/mol. The van der Waals surface area contributed by atoms with Crippen LogP contribution in [0.25, 0.3) is 0 Å². The third kappa shape index (κ3) is 11.8. The molecule has 0 spiro atoms. The highest BCUT2D eigenvalue weighted by molar-refractivity contribution is 4.66. The van der Waals surface area contributed by atoms with Gasteiger partial charge in [-0.15, -0.1) is 0 Å². The zero-order valence-electron chi connectivity index (χ0n) is 15.7. The van der Waals surface area contributed by atoms with Crippen LogP contribution in [0.4, 0.5) is 0 Å². The van der Waals surface area contributed by atoms with Crippen LogP contribution in [0, 0.1) is 0 Å². The molecule has 4 nitrogen and oxygen atoms in total. The van der Waals surface area contributed by atoms with E-state index in [1.807, 2.05) is 7.05 Å². The van der Waals surface area contributed by atoms with Crippen molar-refractivity contribution in [2.24, 2.45) is 14.1 Å². The maximum atomic E-state index is 2.25. The average Bonchev–Trinajstić information content (AvgIpc) is 3.11. The first-order valence-corrected chi connectivity index (χ1v) is 8.67. The average molecular weight is 466 g/mol. The Morgan fingerprint density at radius 1 is 0.667 bits per heavy atom. The van der Waals surface area contributed by atoms with Gasteiger partial charge in [-0.05, 0) is 19.3 Å². The van der Waals surface area contributed by atoms with E-state index in [1.54, 1.807) is 0 Å². The molecule has 6 heteroatoms. The summed E-state index contributed by atoms with van der Waals surface area (Å²) in [6, 6.07) is 0. The molecule has 0 amide bonds. The molecule has 0 unspecified atom stereocenters. The zero-order chi connectivity index (χ0) is 16.2. The van der Waals surface area contributed by atoms with Crippen LogP contribution >= 0.6 is 0 Å². The van der Waals surface area contributed by atoms with Crippen molar-refractivity contribution in [3.8, 4) is 0 Å². The Balaban J connectivity index is 0. The van der Waals surface area contributed by atoms with Crippen LogP contribution < -0.4 is 43.1 Å². The smallest absolute Gasteiger partial charge is 0.243 e. The molecular formula is C18H34Br2N4. The van der Waals surface area contributed by atoms with Crippen molar-refractivity contribution < 1.29 is 43.1 Å². The Bertz CT molecular complexity index is 509. The Kier molecular flexibility index (Phi) is 17.0. The molecule has 24 heavy (non-hydrogen) atoms. The first-order valence-electron chi connectivity index (χ1n) is 8.67. The largest absolute Gasteiger partial charge is 1.00 e. The molecule has 0 fully saturated rings. The van der Waals surface area contributed by atoms with Gasteiger partial charge in [0.1, 0.15) is 24.8 Å². The van der Waals surface area contributed by atoms with Gasteiger partial charge in [0.25, 0.3) is 0 Å². The minimum Gasteiger partial charge on any atom is -1.00 e. The maximum absolute atomic E-state index is 2.25. The quantitative estimate of drug-likeness (QED) is 0.292. The summed E-state index contributed by atoms with van der Waals surface area (Å²) in [7, 11) is 4.10. The molecule has 0 radical (unpaired) electrons. The lowest BCUT2D eigenvalue weighted by atomic mass is 10.2. The van der Waals surface area contributed by atoms with Gasteiger partial charge < -0.3 is 34.0 Å². The van der Waals surface area contributed by atoms with E-state index >= 15 is 0 Å². The molecule has 0 saturated carbocycles. The van der Waals surface area contributed by atoms with Crippen molar-refractivity contribution in [1.82, 2.24) is 9.13 Å². The van der Waals surface area contributed by atoms with Crippen molar-refractivity contribution in [3.63, 3.8) is 0 Å². The van der Waals surface area contributed by atoms with Gasteiger partial charge in [0.15, 0.2) is 0 Å². The van der Waals surface area contributed by atoms with Gasteiger partial charge in [-0.3, -0.25) is 0 Å². The minimum atomic E-state index is 0. The van der Waals surface area contributed by atoms with Crippen molar-refractivity contribution >= 4 is 0 Å². The number of unbranched alkanes of at least 4 members (excludes halogenated alkanes) is 4. The van der Waals surface area contributed by atoms with Gasteiger partial charge in [-0.1, -0.05) is 33.1 Å². The fourth-order valence-corrected chi connectivity index (χ4v) is 2.33. The first kappa shape index (κ1) is 25.6. The van der Waals surface area contributed by atoms with E-state index in [9.17, 15) is 0 Å². The van der Waals surface area contributed by atoms with Crippen molar-refractivity contribution in [2.75, 3.05) is 0 Å². The van der Waals surface area contributed by atoms with E-state index in [2.05, 4.69) is 76.6 Å². The number of hydrogen-bond acceptors (Lipinski definition) is 0. The van der Waals surface area contributed by atoms with Crippen LogP contribution in [0.1, 0.15) is 52.4 Å². The van der Waals surface area contributed by atoms with Gasteiger partial charge >= 0.3 is 0 Å². The second-order valence-corrected chi connectivity index (χ2v) is 6.05. The molecule has 2 heterocycles. The molecule has 0 N–H and O–H groups in total. The van der Waals surface area contributed by atoms with Crippen LogP contribution in [0.3, 0.4) is 0 Å². The lowest BCUT2D eigenvalue weighted by molar-refractivity contribution is -0.671. The highest BCUT2D eigenvalue weighted by Crippen LogP contribution is 2.00. The fourth-order valence-electron chi connectivity index (χ4n) is 2.33. The Labute approximate surface area is 169 Å². The molecule has 0 aromatic carbocycles. The first-order chi connectivity index (χ1) is 10.7. The normalized spacial score (nSPS) is 9.50. The summed E-state index contributed by atoms with van der Waals surface area (Å²) in [5, 5.41) is 0. The summed E-state index contributed by atoms with van der Waals surface area (Å²) in [6.45, 7) is 6.78. The number of rotatable bonds is 8. The van der Waals surface area contributed by atoms with Gasteiger partial charge in [-0.2, -0.15) is 0 Å². The van der Waals surface area contributed by atoms with E-state index in [-0.39, 0.29) is 34.0 Å². The Hall–Kier alpha value is -0.620. The second-order valence-electron chi connectivity index (χ2n) is 6.05. The third-order valence-corrected chi connectivity index (χ3v) is 3.69. The molecular weight excluding hydrogens is 432 g/mol. The predicted octanol–water partition coefficient (Wildman–Crippen LogP) is -2.99. The fraction of sp³-hybridized carbons (Fsp3) is 0.667. The lowest BCUT2D eigenvalue weighted by Crippen LogP contribution is -3.00. The molecule has 2 aromatic heterocycles. The second kappa shape index (κ2) is 15.9. The molecule has 2 rings (SSSR count). The molecule has 140 valence electrons.